The highest BCUT2D eigenvalue weighted by molar-refractivity contribution is 6.30. The third-order valence-corrected chi connectivity index (χ3v) is 6.78. The number of amides is 1. The number of H-pyrrole nitrogens is 1. The van der Waals surface area contributed by atoms with E-state index in [2.05, 4.69) is 15.1 Å². The second-order valence-electron chi connectivity index (χ2n) is 8.87. The Morgan fingerprint density at radius 3 is 2.50 bits per heavy atom. The lowest BCUT2D eigenvalue weighted by atomic mass is 10.0. The zero-order valence-corrected chi connectivity index (χ0v) is 20.3. The van der Waals surface area contributed by atoms with Gasteiger partial charge in [-0.2, -0.15) is 5.10 Å². The summed E-state index contributed by atoms with van der Waals surface area (Å²) in [6.07, 6.45) is 0.122. The molecule has 0 spiro atoms. The summed E-state index contributed by atoms with van der Waals surface area (Å²) in [4.78, 5) is 28.9. The SMILES string of the molecule is Cc1ccc(Cl)cc1N1CCN(C(=O)c2cc(Cc3n[nH]c(=O)c4ccccc34)cc(F)c2F)CC1. The molecule has 1 aliphatic rings. The Balaban J connectivity index is 1.38. The maximum atomic E-state index is 14.8. The van der Waals surface area contributed by atoms with E-state index in [1.807, 2.05) is 25.1 Å². The number of carbonyl (C=O) groups is 1. The first kappa shape index (κ1) is 23.9. The van der Waals surface area contributed by atoms with Crippen molar-refractivity contribution in [1.29, 1.82) is 0 Å². The average molecular weight is 509 g/mol. The fraction of sp³-hybridized carbons (Fsp3) is 0.222. The Bertz CT molecular complexity index is 1530. The fourth-order valence-corrected chi connectivity index (χ4v) is 4.81. The Kier molecular flexibility index (Phi) is 6.45. The number of nitrogens with one attached hydrogen (secondary N) is 1. The predicted molar refractivity (Wildman–Crippen MR) is 136 cm³/mol. The lowest BCUT2D eigenvalue weighted by Gasteiger charge is -2.37. The molecular weight excluding hydrogens is 486 g/mol. The van der Waals surface area contributed by atoms with Crippen LogP contribution in [-0.2, 0) is 6.42 Å². The Labute approximate surface area is 211 Å². The summed E-state index contributed by atoms with van der Waals surface area (Å²) in [6.45, 7) is 3.81. The Morgan fingerprint density at radius 2 is 1.75 bits per heavy atom. The molecule has 9 heteroatoms. The molecule has 5 rings (SSSR count). The van der Waals surface area contributed by atoms with Gasteiger partial charge in [0.2, 0.25) is 0 Å². The molecule has 184 valence electrons. The van der Waals surface area contributed by atoms with Crippen LogP contribution in [0.3, 0.4) is 0 Å². The van der Waals surface area contributed by atoms with Crippen LogP contribution in [0.4, 0.5) is 14.5 Å². The third kappa shape index (κ3) is 4.56. The van der Waals surface area contributed by atoms with Crippen molar-refractivity contribution >= 4 is 34.0 Å². The molecule has 1 N–H and O–H groups in total. The molecule has 0 atom stereocenters. The van der Waals surface area contributed by atoms with E-state index in [1.165, 1.54) is 11.0 Å². The number of aryl methyl sites for hydroxylation is 1. The van der Waals surface area contributed by atoms with E-state index in [-0.39, 0.29) is 17.5 Å². The quantitative estimate of drug-likeness (QED) is 0.433. The molecule has 4 aromatic rings. The third-order valence-electron chi connectivity index (χ3n) is 6.54. The van der Waals surface area contributed by atoms with E-state index in [0.29, 0.717) is 53.2 Å². The second kappa shape index (κ2) is 9.70. The molecule has 0 saturated carbocycles. The average Bonchev–Trinajstić information content (AvgIpc) is 2.89. The van der Waals surface area contributed by atoms with E-state index in [4.69, 9.17) is 11.6 Å². The summed E-state index contributed by atoms with van der Waals surface area (Å²) in [5.74, 6) is -2.83. The van der Waals surface area contributed by atoms with Gasteiger partial charge in [0.1, 0.15) is 0 Å². The van der Waals surface area contributed by atoms with Crippen molar-refractivity contribution in [3.63, 3.8) is 0 Å². The number of hydrogen-bond donors (Lipinski definition) is 1. The van der Waals surface area contributed by atoms with Crippen LogP contribution >= 0.6 is 11.6 Å². The number of aromatic amines is 1. The van der Waals surface area contributed by atoms with Crippen LogP contribution in [0.25, 0.3) is 10.8 Å². The molecular formula is C27H23ClF2N4O2. The maximum absolute atomic E-state index is 14.8. The second-order valence-corrected chi connectivity index (χ2v) is 9.31. The monoisotopic (exact) mass is 508 g/mol. The molecule has 1 fully saturated rings. The lowest BCUT2D eigenvalue weighted by molar-refractivity contribution is 0.0740. The molecule has 0 unspecified atom stereocenters. The fourth-order valence-electron chi connectivity index (χ4n) is 4.65. The summed E-state index contributed by atoms with van der Waals surface area (Å²) in [5.41, 5.74) is 2.31. The first-order chi connectivity index (χ1) is 17.3. The molecule has 0 aliphatic carbocycles. The van der Waals surface area contributed by atoms with Crippen LogP contribution in [0.2, 0.25) is 5.02 Å². The van der Waals surface area contributed by atoms with Crippen LogP contribution in [0, 0.1) is 18.6 Å². The summed E-state index contributed by atoms with van der Waals surface area (Å²) in [6, 6.07) is 15.0. The number of hydrogen-bond acceptors (Lipinski definition) is 4. The number of carbonyl (C=O) groups excluding carboxylic acids is 1. The van der Waals surface area contributed by atoms with Crippen LogP contribution in [0.1, 0.15) is 27.2 Å². The molecule has 1 aromatic heterocycles. The number of benzene rings is 3. The van der Waals surface area contributed by atoms with Gasteiger partial charge in [0.15, 0.2) is 11.6 Å². The molecule has 0 radical (unpaired) electrons. The van der Waals surface area contributed by atoms with Crippen molar-refractivity contribution < 1.29 is 13.6 Å². The van der Waals surface area contributed by atoms with Crippen LogP contribution < -0.4 is 10.5 Å². The smallest absolute Gasteiger partial charge is 0.272 e. The number of nitrogens with zero attached hydrogens (tertiary/aromatic N) is 3. The van der Waals surface area contributed by atoms with E-state index < -0.39 is 17.5 Å². The van der Waals surface area contributed by atoms with Crippen molar-refractivity contribution in [2.45, 2.75) is 13.3 Å². The minimum atomic E-state index is -1.17. The number of anilines is 1. The van der Waals surface area contributed by atoms with Gasteiger partial charge in [-0.15, -0.1) is 0 Å². The normalized spacial score (nSPS) is 13.9. The van der Waals surface area contributed by atoms with Gasteiger partial charge in [-0.25, -0.2) is 13.9 Å². The van der Waals surface area contributed by atoms with Crippen molar-refractivity contribution in [1.82, 2.24) is 15.1 Å². The van der Waals surface area contributed by atoms with Gasteiger partial charge in [-0.05, 0) is 48.4 Å². The predicted octanol–water partition coefficient (Wildman–Crippen LogP) is 4.72. The van der Waals surface area contributed by atoms with Gasteiger partial charge in [-0.1, -0.05) is 35.9 Å². The van der Waals surface area contributed by atoms with Gasteiger partial charge in [0, 0.05) is 48.7 Å². The molecule has 36 heavy (non-hydrogen) atoms. The molecule has 6 nitrogen and oxygen atoms in total. The van der Waals surface area contributed by atoms with Gasteiger partial charge in [0.05, 0.1) is 16.6 Å². The van der Waals surface area contributed by atoms with E-state index >= 15 is 0 Å². The molecule has 1 saturated heterocycles. The first-order valence-electron chi connectivity index (χ1n) is 11.6. The summed E-state index contributed by atoms with van der Waals surface area (Å²) in [5, 5.41) is 8.25. The number of piperazine rings is 1. The Hall–Kier alpha value is -3.78. The highest BCUT2D eigenvalue weighted by atomic mass is 35.5. The summed E-state index contributed by atoms with van der Waals surface area (Å²) < 4.78 is 29.3. The number of aromatic nitrogens is 2. The van der Waals surface area contributed by atoms with Gasteiger partial charge in [0.25, 0.3) is 11.5 Å². The number of rotatable bonds is 4. The minimum absolute atomic E-state index is 0.122. The van der Waals surface area contributed by atoms with Crippen LogP contribution in [0.15, 0.2) is 59.4 Å². The van der Waals surface area contributed by atoms with Gasteiger partial charge < -0.3 is 9.80 Å². The molecule has 2 heterocycles. The van der Waals surface area contributed by atoms with Crippen LogP contribution in [-0.4, -0.2) is 47.2 Å². The zero-order valence-electron chi connectivity index (χ0n) is 19.5. The first-order valence-corrected chi connectivity index (χ1v) is 11.9. The molecule has 0 bridgehead atoms. The topological polar surface area (TPSA) is 69.3 Å². The Morgan fingerprint density at radius 1 is 1.03 bits per heavy atom. The standard InChI is InChI=1S/C27H23ClF2N4O2/c1-16-6-7-18(28)15-24(16)33-8-10-34(11-9-33)27(36)21-12-17(13-22(29)25(21)30)14-23-19-4-2-3-5-20(19)26(35)32-31-23/h2-7,12-13,15H,8-11,14H2,1H3,(H,32,35). The van der Waals surface area contributed by atoms with E-state index in [1.54, 1.807) is 24.3 Å². The largest absolute Gasteiger partial charge is 0.368 e. The van der Waals surface area contributed by atoms with Crippen molar-refractivity contribution in [2.24, 2.45) is 0 Å². The zero-order chi connectivity index (χ0) is 25.4. The van der Waals surface area contributed by atoms with Gasteiger partial charge in [-0.3, -0.25) is 9.59 Å². The number of halogens is 3. The van der Waals surface area contributed by atoms with E-state index in [0.717, 1.165) is 17.3 Å². The highest BCUT2D eigenvalue weighted by Crippen LogP contribution is 2.26. The van der Waals surface area contributed by atoms with Crippen molar-refractivity contribution in [3.05, 3.63) is 104 Å². The van der Waals surface area contributed by atoms with Crippen molar-refractivity contribution in [3.8, 4) is 0 Å². The minimum Gasteiger partial charge on any atom is -0.368 e. The van der Waals surface area contributed by atoms with Crippen LogP contribution in [0.5, 0.6) is 0 Å². The van der Waals surface area contributed by atoms with E-state index in [9.17, 15) is 18.4 Å². The molecule has 3 aromatic carbocycles. The number of fused-ring (bicyclic) bond motifs is 1. The lowest BCUT2D eigenvalue weighted by Crippen LogP contribution is -2.49. The molecule has 1 aliphatic heterocycles. The maximum Gasteiger partial charge on any atom is 0.272 e. The summed E-state index contributed by atoms with van der Waals surface area (Å²) >= 11 is 6.15. The van der Waals surface area contributed by atoms with Crippen molar-refractivity contribution in [2.75, 3.05) is 31.1 Å². The summed E-state index contributed by atoms with van der Waals surface area (Å²) in [7, 11) is 0. The highest BCUT2D eigenvalue weighted by Gasteiger charge is 2.27. The molecule has 1 amide bonds. The van der Waals surface area contributed by atoms with Gasteiger partial charge >= 0.3 is 0 Å².